The first-order valence-corrected chi connectivity index (χ1v) is 8.93. The Labute approximate surface area is 149 Å². The molecule has 0 aliphatic carbocycles. The van der Waals surface area contributed by atoms with Gasteiger partial charge in [-0.05, 0) is 54.8 Å². The van der Waals surface area contributed by atoms with Crippen LogP contribution in [0.4, 0.5) is 0 Å². The summed E-state index contributed by atoms with van der Waals surface area (Å²) < 4.78 is 8.49. The van der Waals surface area contributed by atoms with Gasteiger partial charge in [-0.1, -0.05) is 48.5 Å². The third-order valence-electron chi connectivity index (χ3n) is 4.36. The van der Waals surface area contributed by atoms with E-state index in [0.29, 0.717) is 0 Å². The van der Waals surface area contributed by atoms with Crippen molar-refractivity contribution in [3.8, 4) is 0 Å². The minimum atomic E-state index is 0.932. The van der Waals surface area contributed by atoms with Crippen molar-refractivity contribution in [1.29, 1.82) is 0 Å². The lowest BCUT2D eigenvalue weighted by molar-refractivity contribution is 0.676. The lowest BCUT2D eigenvalue weighted by Gasteiger charge is -2.02. The van der Waals surface area contributed by atoms with Gasteiger partial charge in [0.2, 0.25) is 0 Å². The highest BCUT2D eigenvalue weighted by Crippen LogP contribution is 2.44. The molecule has 0 aliphatic heterocycles. The summed E-state index contributed by atoms with van der Waals surface area (Å²) in [6.07, 6.45) is 0. The molecular formula is C20H10Br2O. The van der Waals surface area contributed by atoms with Gasteiger partial charge in [0.15, 0.2) is 0 Å². The van der Waals surface area contributed by atoms with Crippen molar-refractivity contribution in [2.45, 2.75) is 0 Å². The van der Waals surface area contributed by atoms with Crippen LogP contribution in [0.5, 0.6) is 0 Å². The van der Waals surface area contributed by atoms with Crippen molar-refractivity contribution < 1.29 is 4.42 Å². The van der Waals surface area contributed by atoms with Crippen molar-refractivity contribution in [2.24, 2.45) is 0 Å². The van der Waals surface area contributed by atoms with Crippen LogP contribution in [-0.4, -0.2) is 0 Å². The molecule has 0 fully saturated rings. The Morgan fingerprint density at radius 3 is 1.52 bits per heavy atom. The molecule has 0 unspecified atom stereocenters. The summed E-state index contributed by atoms with van der Waals surface area (Å²) in [6.45, 7) is 0. The van der Waals surface area contributed by atoms with Gasteiger partial charge in [0.25, 0.3) is 0 Å². The van der Waals surface area contributed by atoms with Crippen LogP contribution in [0, 0.1) is 0 Å². The highest BCUT2D eigenvalue weighted by molar-refractivity contribution is 9.11. The van der Waals surface area contributed by atoms with Crippen molar-refractivity contribution in [1.82, 2.24) is 0 Å². The lowest BCUT2D eigenvalue weighted by atomic mass is 10.0. The Balaban J connectivity index is 2.15. The minimum Gasteiger partial charge on any atom is -0.455 e. The topological polar surface area (TPSA) is 13.1 Å². The van der Waals surface area contributed by atoms with Gasteiger partial charge in [0.1, 0.15) is 11.2 Å². The van der Waals surface area contributed by atoms with Crippen molar-refractivity contribution in [3.63, 3.8) is 0 Å². The van der Waals surface area contributed by atoms with E-state index in [4.69, 9.17) is 4.42 Å². The molecule has 0 atom stereocenters. The number of fused-ring (bicyclic) bond motifs is 7. The molecule has 0 saturated carbocycles. The van der Waals surface area contributed by atoms with Gasteiger partial charge in [0, 0.05) is 30.5 Å². The highest BCUT2D eigenvalue weighted by Gasteiger charge is 2.18. The minimum absolute atomic E-state index is 0.932. The molecule has 1 aromatic heterocycles. The number of halogens is 2. The molecule has 23 heavy (non-hydrogen) atoms. The van der Waals surface area contributed by atoms with Crippen LogP contribution in [0.25, 0.3) is 43.5 Å². The normalized spacial score (nSPS) is 11.9. The molecule has 5 aromatic rings. The SMILES string of the molecule is Brc1cc2ccccc2c2oc3c4ccccc4cc(Br)c3c12. The summed E-state index contributed by atoms with van der Waals surface area (Å²) in [6, 6.07) is 21.0. The van der Waals surface area contributed by atoms with Crippen LogP contribution in [0.15, 0.2) is 74.0 Å². The molecule has 1 heterocycles. The van der Waals surface area contributed by atoms with Crippen LogP contribution in [0.2, 0.25) is 0 Å². The van der Waals surface area contributed by atoms with E-state index in [0.717, 1.165) is 41.7 Å². The first-order chi connectivity index (χ1) is 11.2. The van der Waals surface area contributed by atoms with Gasteiger partial charge < -0.3 is 4.42 Å². The second kappa shape index (κ2) is 4.83. The summed E-state index contributed by atoms with van der Waals surface area (Å²) in [5, 5.41) is 6.86. The number of hydrogen-bond acceptors (Lipinski definition) is 1. The van der Waals surface area contributed by atoms with Gasteiger partial charge in [-0.2, -0.15) is 0 Å². The smallest absolute Gasteiger partial charge is 0.144 e. The standard InChI is InChI=1S/C20H10Br2O/c21-15-9-11-5-1-3-7-13(11)19-17(15)18-16(22)10-12-6-2-4-8-14(12)20(18)23-19/h1-10H. The van der Waals surface area contributed by atoms with Crippen molar-refractivity contribution in [3.05, 3.63) is 69.6 Å². The number of rotatable bonds is 0. The maximum absolute atomic E-state index is 6.38. The molecule has 110 valence electrons. The van der Waals surface area contributed by atoms with E-state index in [1.165, 1.54) is 10.8 Å². The van der Waals surface area contributed by atoms with E-state index >= 15 is 0 Å². The van der Waals surface area contributed by atoms with E-state index in [1.807, 2.05) is 0 Å². The van der Waals surface area contributed by atoms with Gasteiger partial charge in [-0.25, -0.2) is 0 Å². The first-order valence-electron chi connectivity index (χ1n) is 7.35. The molecule has 0 bridgehead atoms. The lowest BCUT2D eigenvalue weighted by Crippen LogP contribution is -1.77. The second-order valence-electron chi connectivity index (χ2n) is 5.67. The Morgan fingerprint density at radius 1 is 0.609 bits per heavy atom. The Kier molecular flexibility index (Phi) is 2.85. The maximum atomic E-state index is 6.38. The number of hydrogen-bond donors (Lipinski definition) is 0. The van der Waals surface area contributed by atoms with Crippen LogP contribution in [0.1, 0.15) is 0 Å². The second-order valence-corrected chi connectivity index (χ2v) is 7.38. The highest BCUT2D eigenvalue weighted by atomic mass is 79.9. The quantitative estimate of drug-likeness (QED) is 0.251. The summed E-state index contributed by atoms with van der Waals surface area (Å²) in [7, 11) is 0. The molecule has 0 amide bonds. The zero-order valence-corrected chi connectivity index (χ0v) is 15.1. The van der Waals surface area contributed by atoms with Crippen molar-refractivity contribution >= 4 is 75.3 Å². The third kappa shape index (κ3) is 1.84. The van der Waals surface area contributed by atoms with Crippen LogP contribution in [0.3, 0.4) is 0 Å². The van der Waals surface area contributed by atoms with E-state index in [-0.39, 0.29) is 0 Å². The van der Waals surface area contributed by atoms with Crippen LogP contribution in [-0.2, 0) is 0 Å². The molecule has 0 spiro atoms. The fraction of sp³-hybridized carbons (Fsp3) is 0. The van der Waals surface area contributed by atoms with Gasteiger partial charge in [-0.3, -0.25) is 0 Å². The molecule has 1 nitrogen and oxygen atoms in total. The zero-order chi connectivity index (χ0) is 15.6. The molecular weight excluding hydrogens is 416 g/mol. The average Bonchev–Trinajstić information content (AvgIpc) is 2.97. The molecule has 3 heteroatoms. The van der Waals surface area contributed by atoms with E-state index in [1.54, 1.807) is 0 Å². The largest absolute Gasteiger partial charge is 0.455 e. The number of furan rings is 1. The maximum Gasteiger partial charge on any atom is 0.144 e. The summed E-state index contributed by atoms with van der Waals surface area (Å²) >= 11 is 7.47. The van der Waals surface area contributed by atoms with E-state index < -0.39 is 0 Å². The van der Waals surface area contributed by atoms with E-state index in [9.17, 15) is 0 Å². The first kappa shape index (κ1) is 13.6. The predicted molar refractivity (Wildman–Crippen MR) is 104 cm³/mol. The number of benzene rings is 4. The Hall–Kier alpha value is -1.84. The van der Waals surface area contributed by atoms with Gasteiger partial charge in [0.05, 0.1) is 0 Å². The fourth-order valence-electron chi connectivity index (χ4n) is 3.34. The zero-order valence-electron chi connectivity index (χ0n) is 11.9. The average molecular weight is 426 g/mol. The Morgan fingerprint density at radius 2 is 1.04 bits per heavy atom. The van der Waals surface area contributed by atoms with Crippen LogP contribution >= 0.6 is 31.9 Å². The summed E-state index contributed by atoms with van der Waals surface area (Å²) in [5.74, 6) is 0. The van der Waals surface area contributed by atoms with E-state index in [2.05, 4.69) is 92.5 Å². The Bertz CT molecular complexity index is 1140. The molecule has 0 N–H and O–H groups in total. The van der Waals surface area contributed by atoms with Gasteiger partial charge in [-0.15, -0.1) is 0 Å². The molecule has 4 aromatic carbocycles. The molecule has 5 rings (SSSR count). The van der Waals surface area contributed by atoms with Crippen LogP contribution < -0.4 is 0 Å². The summed E-state index contributed by atoms with van der Waals surface area (Å²) in [5.41, 5.74) is 1.86. The fourth-order valence-corrected chi connectivity index (χ4v) is 4.59. The molecule has 0 aliphatic rings. The third-order valence-corrected chi connectivity index (χ3v) is 5.61. The predicted octanol–water partition coefficient (Wildman–Crippen LogP) is 7.42. The monoisotopic (exact) mass is 424 g/mol. The van der Waals surface area contributed by atoms with Gasteiger partial charge >= 0.3 is 0 Å². The van der Waals surface area contributed by atoms with Crippen molar-refractivity contribution in [2.75, 3.05) is 0 Å². The molecule has 0 radical (unpaired) electrons. The molecule has 0 saturated heterocycles. The summed E-state index contributed by atoms with van der Waals surface area (Å²) in [4.78, 5) is 0.